The molecule has 2 aromatic rings. The molecule has 0 heterocycles. The molecular formula is C16H16INO4S. The normalized spacial score (nSPS) is 12.6. The molecule has 0 aliphatic carbocycles. The zero-order valence-electron chi connectivity index (χ0n) is 12.4. The lowest BCUT2D eigenvalue weighted by Crippen LogP contribution is -2.42. The number of hydrogen-bond acceptors (Lipinski definition) is 4. The van der Waals surface area contributed by atoms with Crippen LogP contribution in [0.5, 0.6) is 0 Å². The molecule has 0 radical (unpaired) electrons. The SMILES string of the molecule is COC(=O)[C@H](Cc1ccccc1)NS(=O)(=O)c1ccc(I)cc1. The van der Waals surface area contributed by atoms with Crippen molar-refractivity contribution in [2.45, 2.75) is 17.4 Å². The molecule has 7 heteroatoms. The van der Waals surface area contributed by atoms with Crippen LogP contribution in [0.15, 0.2) is 59.5 Å². The second-order valence-electron chi connectivity index (χ2n) is 4.84. The van der Waals surface area contributed by atoms with E-state index in [4.69, 9.17) is 4.74 Å². The molecule has 0 saturated heterocycles. The van der Waals surface area contributed by atoms with Crippen molar-refractivity contribution in [3.05, 3.63) is 63.7 Å². The minimum absolute atomic E-state index is 0.111. The molecule has 2 rings (SSSR count). The van der Waals surface area contributed by atoms with Gasteiger partial charge in [-0.3, -0.25) is 4.79 Å². The molecule has 0 spiro atoms. The van der Waals surface area contributed by atoms with Crippen LogP contribution in [0.3, 0.4) is 0 Å². The van der Waals surface area contributed by atoms with Crippen LogP contribution in [-0.4, -0.2) is 27.5 Å². The molecule has 0 saturated carbocycles. The summed E-state index contributed by atoms with van der Waals surface area (Å²) >= 11 is 2.09. The van der Waals surface area contributed by atoms with Gasteiger partial charge in [-0.1, -0.05) is 30.3 Å². The smallest absolute Gasteiger partial charge is 0.324 e. The number of esters is 1. The summed E-state index contributed by atoms with van der Waals surface area (Å²) < 4.78 is 33.0. The van der Waals surface area contributed by atoms with Gasteiger partial charge in [-0.15, -0.1) is 0 Å². The summed E-state index contributed by atoms with van der Waals surface area (Å²) in [6.07, 6.45) is 0.219. The third-order valence-corrected chi connectivity index (χ3v) is 5.40. The Morgan fingerprint density at radius 3 is 2.30 bits per heavy atom. The van der Waals surface area contributed by atoms with Gasteiger partial charge < -0.3 is 4.74 Å². The number of nitrogens with one attached hydrogen (secondary N) is 1. The summed E-state index contributed by atoms with van der Waals surface area (Å²) in [5.74, 6) is -0.622. The summed E-state index contributed by atoms with van der Waals surface area (Å²) in [6.45, 7) is 0. The van der Waals surface area contributed by atoms with Crippen LogP contribution in [0.25, 0.3) is 0 Å². The van der Waals surface area contributed by atoms with Crippen molar-refractivity contribution >= 4 is 38.6 Å². The van der Waals surface area contributed by atoms with Gasteiger partial charge in [0.1, 0.15) is 6.04 Å². The van der Waals surface area contributed by atoms with Gasteiger partial charge in [-0.2, -0.15) is 4.72 Å². The van der Waals surface area contributed by atoms with Crippen molar-refractivity contribution < 1.29 is 17.9 Å². The first-order valence-corrected chi connectivity index (χ1v) is 9.38. The standard InChI is InChI=1S/C16H16INO4S/c1-22-16(19)15(11-12-5-3-2-4-6-12)18-23(20,21)14-9-7-13(17)8-10-14/h2-10,15,18H,11H2,1H3/t15-/m0/s1. The zero-order chi connectivity index (χ0) is 16.9. The van der Waals surface area contributed by atoms with Crippen molar-refractivity contribution in [1.29, 1.82) is 0 Å². The molecular weight excluding hydrogens is 429 g/mol. The number of methoxy groups -OCH3 is 1. The average molecular weight is 445 g/mol. The van der Waals surface area contributed by atoms with E-state index in [1.165, 1.54) is 19.2 Å². The monoisotopic (exact) mass is 445 g/mol. The predicted molar refractivity (Wildman–Crippen MR) is 95.4 cm³/mol. The van der Waals surface area contributed by atoms with E-state index in [0.717, 1.165) is 9.13 Å². The zero-order valence-corrected chi connectivity index (χ0v) is 15.4. The minimum atomic E-state index is -3.81. The topological polar surface area (TPSA) is 72.5 Å². The first-order valence-electron chi connectivity index (χ1n) is 6.82. The number of benzene rings is 2. The van der Waals surface area contributed by atoms with Crippen LogP contribution in [-0.2, 0) is 26.0 Å². The van der Waals surface area contributed by atoms with Gasteiger partial charge in [-0.05, 0) is 58.8 Å². The summed E-state index contributed by atoms with van der Waals surface area (Å²) in [5, 5.41) is 0. The summed E-state index contributed by atoms with van der Waals surface area (Å²) in [6, 6.07) is 14.6. The van der Waals surface area contributed by atoms with Crippen LogP contribution >= 0.6 is 22.6 Å². The molecule has 0 bridgehead atoms. The lowest BCUT2D eigenvalue weighted by Gasteiger charge is -2.17. The summed E-state index contributed by atoms with van der Waals surface area (Å²) in [7, 11) is -2.57. The number of hydrogen-bond donors (Lipinski definition) is 1. The van der Waals surface area contributed by atoms with E-state index < -0.39 is 22.0 Å². The molecule has 2 aromatic carbocycles. The molecule has 5 nitrogen and oxygen atoms in total. The van der Waals surface area contributed by atoms with Gasteiger partial charge >= 0.3 is 5.97 Å². The first kappa shape index (κ1) is 17.9. The Labute approximate surface area is 149 Å². The largest absolute Gasteiger partial charge is 0.468 e. The lowest BCUT2D eigenvalue weighted by molar-refractivity contribution is -0.142. The summed E-state index contributed by atoms with van der Waals surface area (Å²) in [5.41, 5.74) is 0.841. The molecule has 0 aliphatic rings. The van der Waals surface area contributed by atoms with E-state index in [0.29, 0.717) is 0 Å². The highest BCUT2D eigenvalue weighted by Crippen LogP contribution is 2.14. The Kier molecular flexibility index (Phi) is 6.14. The quantitative estimate of drug-likeness (QED) is 0.548. The maximum Gasteiger partial charge on any atom is 0.324 e. The fourth-order valence-electron chi connectivity index (χ4n) is 2.03. The van der Waals surface area contributed by atoms with E-state index in [1.54, 1.807) is 12.1 Å². The molecule has 0 aromatic heterocycles. The van der Waals surface area contributed by atoms with Crippen LogP contribution in [0, 0.1) is 3.57 Å². The highest BCUT2D eigenvalue weighted by molar-refractivity contribution is 14.1. The van der Waals surface area contributed by atoms with Gasteiger partial charge in [0, 0.05) is 3.57 Å². The number of sulfonamides is 1. The lowest BCUT2D eigenvalue weighted by atomic mass is 10.1. The van der Waals surface area contributed by atoms with Crippen LogP contribution < -0.4 is 4.72 Å². The fraction of sp³-hybridized carbons (Fsp3) is 0.188. The van der Waals surface area contributed by atoms with E-state index >= 15 is 0 Å². The van der Waals surface area contributed by atoms with Crippen molar-refractivity contribution in [1.82, 2.24) is 4.72 Å². The number of halogens is 1. The molecule has 23 heavy (non-hydrogen) atoms. The third kappa shape index (κ3) is 5.02. The average Bonchev–Trinajstić information content (AvgIpc) is 2.54. The Morgan fingerprint density at radius 1 is 1.13 bits per heavy atom. The van der Waals surface area contributed by atoms with Crippen molar-refractivity contribution in [2.75, 3.05) is 7.11 Å². The van der Waals surface area contributed by atoms with Crippen LogP contribution in [0.1, 0.15) is 5.56 Å². The summed E-state index contributed by atoms with van der Waals surface area (Å²) in [4.78, 5) is 12.0. The van der Waals surface area contributed by atoms with Crippen molar-refractivity contribution in [3.8, 4) is 0 Å². The maximum atomic E-state index is 12.4. The Balaban J connectivity index is 2.23. The Bertz CT molecular complexity index is 760. The predicted octanol–water partition coefficient (Wildman–Crippen LogP) is 2.35. The number of carbonyl (C=O) groups excluding carboxylic acids is 1. The van der Waals surface area contributed by atoms with Gasteiger partial charge in [-0.25, -0.2) is 8.42 Å². The van der Waals surface area contributed by atoms with Crippen LogP contribution in [0.2, 0.25) is 0 Å². The van der Waals surface area contributed by atoms with Crippen molar-refractivity contribution in [2.24, 2.45) is 0 Å². The van der Waals surface area contributed by atoms with Gasteiger partial charge in [0.15, 0.2) is 0 Å². The Hall–Kier alpha value is -1.45. The highest BCUT2D eigenvalue weighted by Gasteiger charge is 2.26. The molecule has 0 aliphatic heterocycles. The maximum absolute atomic E-state index is 12.4. The second-order valence-corrected chi connectivity index (χ2v) is 7.80. The molecule has 122 valence electrons. The minimum Gasteiger partial charge on any atom is -0.468 e. The first-order chi connectivity index (χ1) is 10.9. The van der Waals surface area contributed by atoms with E-state index in [2.05, 4.69) is 27.3 Å². The van der Waals surface area contributed by atoms with Gasteiger partial charge in [0.05, 0.1) is 12.0 Å². The molecule has 1 N–H and O–H groups in total. The van der Waals surface area contributed by atoms with E-state index in [-0.39, 0.29) is 11.3 Å². The molecule has 1 atom stereocenters. The van der Waals surface area contributed by atoms with Crippen LogP contribution in [0.4, 0.5) is 0 Å². The van der Waals surface area contributed by atoms with Gasteiger partial charge in [0.25, 0.3) is 0 Å². The van der Waals surface area contributed by atoms with Gasteiger partial charge in [0.2, 0.25) is 10.0 Å². The second kappa shape index (κ2) is 7.89. The molecule has 0 fully saturated rings. The molecule has 0 amide bonds. The van der Waals surface area contributed by atoms with Crippen molar-refractivity contribution in [3.63, 3.8) is 0 Å². The number of carbonyl (C=O) groups is 1. The fourth-order valence-corrected chi connectivity index (χ4v) is 3.58. The Morgan fingerprint density at radius 2 is 1.74 bits per heavy atom. The third-order valence-electron chi connectivity index (χ3n) is 3.19. The van der Waals surface area contributed by atoms with E-state index in [9.17, 15) is 13.2 Å². The van der Waals surface area contributed by atoms with E-state index in [1.807, 2.05) is 30.3 Å². The number of ether oxygens (including phenoxy) is 1. The molecule has 0 unspecified atom stereocenters. The number of rotatable bonds is 6. The highest BCUT2D eigenvalue weighted by atomic mass is 127.